The molecule has 0 atom stereocenters. The molecule has 1 aromatic carbocycles. The number of sulfonamides is 1. The lowest BCUT2D eigenvalue weighted by atomic mass is 10.1. The zero-order valence-corrected chi connectivity index (χ0v) is 11.0. The smallest absolute Gasteiger partial charge is 0.324 e. The number of carboxylic acids is 1. The summed E-state index contributed by atoms with van der Waals surface area (Å²) < 4.78 is 25.9. The number of carbonyl (C=O) groups is 1. The van der Waals surface area contributed by atoms with Crippen molar-refractivity contribution in [2.75, 3.05) is 0 Å². The van der Waals surface area contributed by atoms with E-state index < -0.39 is 37.0 Å². The molecule has 0 amide bonds. The van der Waals surface area contributed by atoms with Crippen molar-refractivity contribution in [3.05, 3.63) is 34.4 Å². The maximum absolute atomic E-state index is 12.0. The summed E-state index contributed by atoms with van der Waals surface area (Å²) in [5, 5.41) is 19.6. The molecule has 8 nitrogen and oxygen atoms in total. The highest BCUT2D eigenvalue weighted by Crippen LogP contribution is 2.24. The third-order valence-electron chi connectivity index (χ3n) is 2.28. The molecule has 0 saturated heterocycles. The molecule has 0 spiro atoms. The fourth-order valence-corrected chi connectivity index (χ4v) is 2.81. The van der Waals surface area contributed by atoms with Gasteiger partial charge in [0.25, 0.3) is 5.69 Å². The second-order valence-electron chi connectivity index (χ2n) is 4.26. The van der Waals surface area contributed by atoms with Gasteiger partial charge in [0.2, 0.25) is 10.0 Å². The number of hydrogen-bond acceptors (Lipinski definition) is 5. The second kappa shape index (κ2) is 4.94. The van der Waals surface area contributed by atoms with Crippen LogP contribution in [0.4, 0.5) is 5.69 Å². The van der Waals surface area contributed by atoms with Gasteiger partial charge in [-0.05, 0) is 19.9 Å². The molecule has 0 aliphatic heterocycles. The Labute approximate surface area is 109 Å². The van der Waals surface area contributed by atoms with Crippen LogP contribution in [0.2, 0.25) is 0 Å². The first-order valence-corrected chi connectivity index (χ1v) is 6.57. The number of nitro groups is 1. The molecule has 0 radical (unpaired) electrons. The van der Waals surface area contributed by atoms with Crippen molar-refractivity contribution in [3.63, 3.8) is 0 Å². The number of para-hydroxylation sites is 1. The van der Waals surface area contributed by atoms with Crippen LogP contribution in [0.3, 0.4) is 0 Å². The molecule has 0 saturated carbocycles. The molecule has 1 aromatic rings. The van der Waals surface area contributed by atoms with Gasteiger partial charge in [0.1, 0.15) is 5.54 Å². The van der Waals surface area contributed by atoms with Gasteiger partial charge >= 0.3 is 5.97 Å². The highest BCUT2D eigenvalue weighted by molar-refractivity contribution is 7.89. The monoisotopic (exact) mass is 288 g/mol. The van der Waals surface area contributed by atoms with E-state index in [1.807, 2.05) is 4.72 Å². The maximum atomic E-state index is 12.0. The molecule has 0 fully saturated rings. The van der Waals surface area contributed by atoms with Gasteiger partial charge in [0, 0.05) is 6.07 Å². The quantitative estimate of drug-likeness (QED) is 0.607. The molecule has 2 N–H and O–H groups in total. The van der Waals surface area contributed by atoms with Crippen molar-refractivity contribution in [1.29, 1.82) is 0 Å². The van der Waals surface area contributed by atoms with Gasteiger partial charge in [-0.15, -0.1) is 0 Å². The van der Waals surface area contributed by atoms with Crippen LogP contribution < -0.4 is 4.72 Å². The standard InChI is InChI=1S/C10H12N2O6S/c1-10(2,9(13)14)11-19(17,18)8-6-4-3-5-7(8)12(15)16/h3-6,11H,1-2H3,(H,13,14). The van der Waals surface area contributed by atoms with E-state index in [1.54, 1.807) is 0 Å². The molecule has 0 unspecified atom stereocenters. The van der Waals surface area contributed by atoms with E-state index in [4.69, 9.17) is 5.11 Å². The fraction of sp³-hybridized carbons (Fsp3) is 0.300. The van der Waals surface area contributed by atoms with Crippen LogP contribution in [0, 0.1) is 10.1 Å². The van der Waals surface area contributed by atoms with Gasteiger partial charge in [-0.1, -0.05) is 12.1 Å². The first-order valence-electron chi connectivity index (χ1n) is 5.09. The normalized spacial score (nSPS) is 12.1. The summed E-state index contributed by atoms with van der Waals surface area (Å²) in [6, 6.07) is 4.70. The summed E-state index contributed by atoms with van der Waals surface area (Å²) in [6.07, 6.45) is 0. The molecule has 0 aliphatic carbocycles. The molecule has 104 valence electrons. The van der Waals surface area contributed by atoms with Crippen LogP contribution in [0.5, 0.6) is 0 Å². The number of hydrogen-bond donors (Lipinski definition) is 2. The molecular weight excluding hydrogens is 276 g/mol. The third kappa shape index (κ3) is 3.26. The first kappa shape index (κ1) is 15.1. The van der Waals surface area contributed by atoms with Crippen LogP contribution in [-0.2, 0) is 14.8 Å². The molecule has 0 heterocycles. The minimum absolute atomic E-state index is 0.575. The van der Waals surface area contributed by atoms with Crippen LogP contribution in [0.25, 0.3) is 0 Å². The van der Waals surface area contributed by atoms with Crippen molar-refractivity contribution in [2.45, 2.75) is 24.3 Å². The highest BCUT2D eigenvalue weighted by atomic mass is 32.2. The van der Waals surface area contributed by atoms with Crippen LogP contribution in [0.15, 0.2) is 29.2 Å². The molecule has 0 aromatic heterocycles. The average molecular weight is 288 g/mol. The first-order chi connectivity index (χ1) is 8.58. The lowest BCUT2D eigenvalue weighted by Crippen LogP contribution is -2.49. The predicted molar refractivity (Wildman–Crippen MR) is 65.1 cm³/mol. The van der Waals surface area contributed by atoms with Gasteiger partial charge in [0.05, 0.1) is 4.92 Å². The summed E-state index contributed by atoms with van der Waals surface area (Å²) in [5.41, 5.74) is -2.39. The Kier molecular flexibility index (Phi) is 3.91. The Bertz CT molecular complexity index is 623. The Morgan fingerprint density at radius 3 is 2.37 bits per heavy atom. The Morgan fingerprint density at radius 2 is 1.89 bits per heavy atom. The molecule has 1 rings (SSSR count). The van der Waals surface area contributed by atoms with E-state index in [9.17, 15) is 23.3 Å². The van der Waals surface area contributed by atoms with E-state index in [2.05, 4.69) is 0 Å². The van der Waals surface area contributed by atoms with E-state index in [0.29, 0.717) is 0 Å². The summed E-state index contributed by atoms with van der Waals surface area (Å²) in [7, 11) is -4.31. The van der Waals surface area contributed by atoms with Crippen molar-refractivity contribution < 1.29 is 23.2 Å². The molecule has 19 heavy (non-hydrogen) atoms. The highest BCUT2D eigenvalue weighted by Gasteiger charge is 2.35. The predicted octanol–water partition coefficient (Wildman–Crippen LogP) is 0.736. The number of benzene rings is 1. The molecular formula is C10H12N2O6S. The number of nitrogens with zero attached hydrogens (tertiary/aromatic N) is 1. The molecule has 9 heteroatoms. The largest absolute Gasteiger partial charge is 0.480 e. The third-order valence-corrected chi connectivity index (χ3v) is 3.98. The Morgan fingerprint density at radius 1 is 1.37 bits per heavy atom. The molecule has 0 aliphatic rings. The zero-order valence-electron chi connectivity index (χ0n) is 10.2. The summed E-state index contributed by atoms with van der Waals surface area (Å²) in [4.78, 5) is 20.2. The maximum Gasteiger partial charge on any atom is 0.324 e. The number of rotatable bonds is 5. The topological polar surface area (TPSA) is 127 Å². The lowest BCUT2D eigenvalue weighted by Gasteiger charge is -2.20. The van der Waals surface area contributed by atoms with Crippen LogP contribution in [-0.4, -0.2) is 30.0 Å². The number of nitro benzene ring substituents is 1. The van der Waals surface area contributed by atoms with Gasteiger partial charge in [-0.25, -0.2) is 8.42 Å². The van der Waals surface area contributed by atoms with Crippen molar-refractivity contribution in [2.24, 2.45) is 0 Å². The average Bonchev–Trinajstić information content (AvgIpc) is 2.27. The van der Waals surface area contributed by atoms with Gasteiger partial charge < -0.3 is 5.11 Å². The Balaban J connectivity index is 3.30. The summed E-state index contributed by atoms with van der Waals surface area (Å²) in [6.45, 7) is 2.28. The van der Waals surface area contributed by atoms with Gasteiger partial charge in [0.15, 0.2) is 4.90 Å². The number of carboxylic acid groups (broad SMARTS) is 1. The van der Waals surface area contributed by atoms with E-state index in [1.165, 1.54) is 12.1 Å². The minimum Gasteiger partial charge on any atom is -0.480 e. The SMILES string of the molecule is CC(C)(NS(=O)(=O)c1ccccc1[N+](=O)[O-])C(=O)O. The van der Waals surface area contributed by atoms with E-state index >= 15 is 0 Å². The molecule has 0 bridgehead atoms. The minimum atomic E-state index is -4.31. The van der Waals surface area contributed by atoms with Gasteiger partial charge in [-0.3, -0.25) is 14.9 Å². The van der Waals surface area contributed by atoms with Crippen molar-refractivity contribution in [3.8, 4) is 0 Å². The second-order valence-corrected chi connectivity index (χ2v) is 5.91. The summed E-state index contributed by atoms with van der Waals surface area (Å²) in [5.74, 6) is -1.39. The van der Waals surface area contributed by atoms with Crippen LogP contribution in [0.1, 0.15) is 13.8 Å². The zero-order chi connectivity index (χ0) is 14.8. The number of nitrogens with one attached hydrogen (secondary N) is 1. The Hall–Kier alpha value is -2.00. The number of aliphatic carboxylic acids is 1. The van der Waals surface area contributed by atoms with Crippen LogP contribution >= 0.6 is 0 Å². The van der Waals surface area contributed by atoms with Crippen molar-refractivity contribution >= 4 is 21.7 Å². The fourth-order valence-electron chi connectivity index (χ4n) is 1.27. The summed E-state index contributed by atoms with van der Waals surface area (Å²) >= 11 is 0. The van der Waals surface area contributed by atoms with Gasteiger partial charge in [-0.2, -0.15) is 4.72 Å². The van der Waals surface area contributed by atoms with Crippen molar-refractivity contribution in [1.82, 2.24) is 4.72 Å². The lowest BCUT2D eigenvalue weighted by molar-refractivity contribution is -0.387. The van der Waals surface area contributed by atoms with E-state index in [0.717, 1.165) is 26.0 Å². The van der Waals surface area contributed by atoms with E-state index in [-0.39, 0.29) is 0 Å².